The van der Waals surface area contributed by atoms with Gasteiger partial charge in [-0.05, 0) is 17.7 Å². The molecule has 0 aliphatic carbocycles. The summed E-state index contributed by atoms with van der Waals surface area (Å²) >= 11 is 0. The molecule has 21 heavy (non-hydrogen) atoms. The molecule has 1 aliphatic rings. The molecule has 2 rings (SSSR count). The quantitative estimate of drug-likeness (QED) is 0.789. The van der Waals surface area contributed by atoms with Crippen molar-refractivity contribution in [3.8, 4) is 0 Å². The summed E-state index contributed by atoms with van der Waals surface area (Å²) in [5.74, 6) is -1.34. The Morgan fingerprint density at radius 1 is 1.33 bits per heavy atom. The number of hydrogen-bond donors (Lipinski definition) is 1. The number of halogens is 5. The van der Waals surface area contributed by atoms with Crippen molar-refractivity contribution < 1.29 is 27.1 Å². The van der Waals surface area contributed by atoms with Gasteiger partial charge < -0.3 is 10.1 Å². The van der Waals surface area contributed by atoms with Crippen LogP contribution in [-0.4, -0.2) is 12.7 Å². The van der Waals surface area contributed by atoms with Gasteiger partial charge in [-0.1, -0.05) is 19.9 Å². The topological polar surface area (TPSA) is 38.3 Å². The van der Waals surface area contributed by atoms with E-state index in [0.29, 0.717) is 0 Å². The summed E-state index contributed by atoms with van der Waals surface area (Å²) in [4.78, 5) is 11.3. The summed E-state index contributed by atoms with van der Waals surface area (Å²) < 4.78 is 56.2. The fraction of sp³-hybridized carbons (Fsp3) is 0.462. The smallest absolute Gasteiger partial charge is 0.419 e. The lowest BCUT2D eigenvalue weighted by Crippen LogP contribution is -2.47. The van der Waals surface area contributed by atoms with Gasteiger partial charge in [-0.3, -0.25) is 0 Å². The van der Waals surface area contributed by atoms with Crippen LogP contribution in [-0.2, 0) is 10.9 Å². The molecule has 1 N–H and O–H groups in total. The second-order valence-corrected chi connectivity index (χ2v) is 5.38. The number of rotatable bonds is 1. The molecule has 1 atom stereocenters. The molecular weight excluding hydrogens is 314 g/mol. The number of hydrogen-bond acceptors (Lipinski definition) is 2. The molecule has 1 amide bonds. The first-order chi connectivity index (χ1) is 9.11. The lowest BCUT2D eigenvalue weighted by molar-refractivity contribution is -0.140. The van der Waals surface area contributed by atoms with E-state index in [1.54, 1.807) is 13.8 Å². The highest BCUT2D eigenvalue weighted by Gasteiger charge is 2.40. The summed E-state index contributed by atoms with van der Waals surface area (Å²) in [6.07, 6.45) is -5.48. The van der Waals surface area contributed by atoms with E-state index in [0.717, 1.165) is 12.1 Å². The molecule has 0 saturated carbocycles. The van der Waals surface area contributed by atoms with E-state index in [1.165, 1.54) is 6.07 Å². The van der Waals surface area contributed by atoms with Crippen molar-refractivity contribution in [3.63, 3.8) is 0 Å². The number of carbonyl (C=O) groups is 1. The minimum absolute atomic E-state index is 0. The molecule has 1 saturated heterocycles. The molecule has 1 aliphatic heterocycles. The summed E-state index contributed by atoms with van der Waals surface area (Å²) in [5.41, 5.74) is -1.75. The van der Waals surface area contributed by atoms with Crippen LogP contribution in [0.25, 0.3) is 0 Å². The molecular formula is C13H14ClF4NO2. The van der Waals surface area contributed by atoms with E-state index in [1.807, 2.05) is 0 Å². The zero-order valence-electron chi connectivity index (χ0n) is 11.3. The maximum absolute atomic E-state index is 13.3. The second-order valence-electron chi connectivity index (χ2n) is 5.38. The molecule has 0 bridgehead atoms. The predicted molar refractivity (Wildman–Crippen MR) is 69.7 cm³/mol. The minimum atomic E-state index is -4.78. The lowest BCUT2D eigenvalue weighted by atomic mass is 9.80. The molecule has 0 aromatic heterocycles. The number of ether oxygens (including phenoxy) is 1. The Labute approximate surface area is 125 Å². The largest absolute Gasteiger partial charge is 0.449 e. The van der Waals surface area contributed by atoms with Gasteiger partial charge in [0.2, 0.25) is 0 Å². The Morgan fingerprint density at radius 3 is 2.52 bits per heavy atom. The number of amides is 1. The molecule has 8 heteroatoms. The Balaban J connectivity index is 0.00000220. The van der Waals surface area contributed by atoms with Crippen molar-refractivity contribution in [2.45, 2.75) is 26.1 Å². The Bertz CT molecular complexity index is 545. The molecule has 118 valence electrons. The molecule has 1 heterocycles. The lowest BCUT2D eigenvalue weighted by Gasteiger charge is -2.38. The van der Waals surface area contributed by atoms with Crippen LogP contribution in [0, 0.1) is 11.2 Å². The van der Waals surface area contributed by atoms with Crippen molar-refractivity contribution in [1.29, 1.82) is 0 Å². The van der Waals surface area contributed by atoms with Crippen molar-refractivity contribution in [1.82, 2.24) is 5.32 Å². The first-order valence-electron chi connectivity index (χ1n) is 5.91. The second kappa shape index (κ2) is 5.71. The van der Waals surface area contributed by atoms with Crippen LogP contribution >= 0.6 is 12.4 Å². The van der Waals surface area contributed by atoms with Gasteiger partial charge in [-0.15, -0.1) is 12.4 Å². The highest BCUT2D eigenvalue weighted by Crippen LogP contribution is 2.39. The van der Waals surface area contributed by atoms with Gasteiger partial charge in [0.1, 0.15) is 12.4 Å². The van der Waals surface area contributed by atoms with Gasteiger partial charge in [-0.2, -0.15) is 13.2 Å². The monoisotopic (exact) mass is 327 g/mol. The fourth-order valence-electron chi connectivity index (χ4n) is 2.16. The molecule has 1 aromatic carbocycles. The average molecular weight is 328 g/mol. The van der Waals surface area contributed by atoms with Crippen molar-refractivity contribution in [3.05, 3.63) is 35.1 Å². The van der Waals surface area contributed by atoms with Gasteiger partial charge >= 0.3 is 12.3 Å². The third kappa shape index (κ3) is 3.58. The number of nitrogens with one attached hydrogen (secondary N) is 1. The molecule has 1 aromatic rings. The molecule has 0 unspecified atom stereocenters. The SMILES string of the molecule is CC1(C)COC(=O)N[C@@H]1c1ccc(F)c(C(F)(F)F)c1.Cl. The van der Waals surface area contributed by atoms with Crippen molar-refractivity contribution in [2.24, 2.45) is 5.41 Å². The zero-order valence-corrected chi connectivity index (χ0v) is 12.1. The Hall–Kier alpha value is -1.50. The number of cyclic esters (lactones) is 1. The van der Waals surface area contributed by atoms with Gasteiger partial charge in [-0.25, -0.2) is 9.18 Å². The zero-order chi connectivity index (χ0) is 15.1. The van der Waals surface area contributed by atoms with E-state index in [2.05, 4.69) is 5.32 Å². The van der Waals surface area contributed by atoms with Crippen LogP contribution in [0.15, 0.2) is 18.2 Å². The summed E-state index contributed by atoms with van der Waals surface area (Å²) in [7, 11) is 0. The molecule has 0 spiro atoms. The summed E-state index contributed by atoms with van der Waals surface area (Å²) in [5, 5.41) is 2.47. The number of benzene rings is 1. The van der Waals surface area contributed by atoms with E-state index < -0.39 is 35.1 Å². The maximum atomic E-state index is 13.3. The Morgan fingerprint density at radius 2 is 1.95 bits per heavy atom. The summed E-state index contributed by atoms with van der Waals surface area (Å²) in [6, 6.07) is 2.05. The van der Waals surface area contributed by atoms with E-state index >= 15 is 0 Å². The maximum Gasteiger partial charge on any atom is 0.419 e. The minimum Gasteiger partial charge on any atom is -0.449 e. The van der Waals surface area contributed by atoms with Crippen LogP contribution in [0.4, 0.5) is 22.4 Å². The number of carbonyl (C=O) groups excluding carboxylic acids is 1. The molecule has 0 radical (unpaired) electrons. The third-order valence-corrected chi connectivity index (χ3v) is 3.25. The van der Waals surface area contributed by atoms with Gasteiger partial charge in [0.15, 0.2) is 0 Å². The van der Waals surface area contributed by atoms with Crippen LogP contribution in [0.3, 0.4) is 0 Å². The first-order valence-corrected chi connectivity index (χ1v) is 5.91. The predicted octanol–water partition coefficient (Wildman–Crippen LogP) is 4.07. The highest BCUT2D eigenvalue weighted by atomic mass is 35.5. The third-order valence-electron chi connectivity index (χ3n) is 3.25. The average Bonchev–Trinajstić information content (AvgIpc) is 2.32. The van der Waals surface area contributed by atoms with Crippen LogP contribution in [0.1, 0.15) is 31.0 Å². The highest BCUT2D eigenvalue weighted by molar-refractivity contribution is 5.85. The van der Waals surface area contributed by atoms with Gasteiger partial charge in [0.05, 0.1) is 11.6 Å². The summed E-state index contributed by atoms with van der Waals surface area (Å²) in [6.45, 7) is 3.56. The van der Waals surface area contributed by atoms with Crippen LogP contribution in [0.2, 0.25) is 0 Å². The van der Waals surface area contributed by atoms with Crippen LogP contribution < -0.4 is 5.32 Å². The molecule has 3 nitrogen and oxygen atoms in total. The van der Waals surface area contributed by atoms with Gasteiger partial charge in [0, 0.05) is 5.41 Å². The first kappa shape index (κ1) is 17.6. The van der Waals surface area contributed by atoms with E-state index in [9.17, 15) is 22.4 Å². The number of alkyl carbamates (subject to hydrolysis) is 1. The normalized spacial score (nSPS) is 21.0. The van der Waals surface area contributed by atoms with Crippen LogP contribution in [0.5, 0.6) is 0 Å². The molecule has 1 fully saturated rings. The Kier molecular flexibility index (Phi) is 4.77. The van der Waals surface area contributed by atoms with E-state index in [-0.39, 0.29) is 24.6 Å². The number of alkyl halides is 3. The van der Waals surface area contributed by atoms with Gasteiger partial charge in [0.25, 0.3) is 0 Å². The fourth-order valence-corrected chi connectivity index (χ4v) is 2.16. The van der Waals surface area contributed by atoms with E-state index in [4.69, 9.17) is 4.74 Å². The van der Waals surface area contributed by atoms with Crippen molar-refractivity contribution >= 4 is 18.5 Å². The standard InChI is InChI=1S/C13H13F4NO2.ClH/c1-12(2)6-20-11(19)18-10(12)7-3-4-9(14)8(5-7)13(15,16)17;/h3-5,10H,6H2,1-2H3,(H,18,19);1H/t10-;/m1./s1. The van der Waals surface area contributed by atoms with Crippen molar-refractivity contribution in [2.75, 3.05) is 6.61 Å².